The van der Waals surface area contributed by atoms with Gasteiger partial charge in [0.05, 0.1) is 12.4 Å². The second kappa shape index (κ2) is 10.2. The van der Waals surface area contributed by atoms with Gasteiger partial charge >= 0.3 is 5.97 Å². The van der Waals surface area contributed by atoms with Crippen molar-refractivity contribution in [1.29, 1.82) is 0 Å². The van der Waals surface area contributed by atoms with E-state index in [0.29, 0.717) is 12.1 Å². The summed E-state index contributed by atoms with van der Waals surface area (Å²) in [4.78, 5) is 40.3. The summed E-state index contributed by atoms with van der Waals surface area (Å²) in [5.41, 5.74) is 2.60. The molecule has 2 amide bonds. The number of fused-ring (bicyclic) bond motifs is 1. The minimum atomic E-state index is -0.790. The number of carbonyl (C=O) groups is 3. The van der Waals surface area contributed by atoms with Crippen LogP contribution in [0.1, 0.15) is 19.4 Å². The topological polar surface area (TPSA) is 100 Å². The summed E-state index contributed by atoms with van der Waals surface area (Å²) in [6.07, 6.45) is 2.17. The fraction of sp³-hybridized carbons (Fsp3) is 0.261. The zero-order valence-corrected chi connectivity index (χ0v) is 18.4. The molecule has 1 unspecified atom stereocenters. The van der Waals surface area contributed by atoms with Gasteiger partial charge in [0, 0.05) is 41.0 Å². The van der Waals surface area contributed by atoms with Gasteiger partial charge in [0.2, 0.25) is 11.8 Å². The molecule has 2 aromatic carbocycles. The summed E-state index contributed by atoms with van der Waals surface area (Å²) in [5, 5.41) is 6.11. The fourth-order valence-corrected chi connectivity index (χ4v) is 4.10. The number of para-hydroxylation sites is 1. The van der Waals surface area contributed by atoms with Crippen molar-refractivity contribution in [1.82, 2.24) is 10.3 Å². The van der Waals surface area contributed by atoms with Crippen LogP contribution >= 0.6 is 11.8 Å². The third kappa shape index (κ3) is 5.88. The first kappa shape index (κ1) is 22.4. The van der Waals surface area contributed by atoms with Crippen molar-refractivity contribution < 1.29 is 19.1 Å². The van der Waals surface area contributed by atoms with Crippen LogP contribution in [0.25, 0.3) is 10.9 Å². The van der Waals surface area contributed by atoms with E-state index in [4.69, 9.17) is 4.74 Å². The zero-order chi connectivity index (χ0) is 22.4. The number of esters is 1. The summed E-state index contributed by atoms with van der Waals surface area (Å²) in [6.45, 7) is 3.23. The first-order valence-electron chi connectivity index (χ1n) is 9.85. The van der Waals surface area contributed by atoms with Crippen molar-refractivity contribution in [2.24, 2.45) is 0 Å². The highest BCUT2D eigenvalue weighted by molar-refractivity contribution is 8.00. The maximum atomic E-state index is 12.8. The van der Waals surface area contributed by atoms with Gasteiger partial charge in [-0.1, -0.05) is 18.2 Å². The van der Waals surface area contributed by atoms with E-state index in [-0.39, 0.29) is 11.8 Å². The third-order valence-corrected chi connectivity index (χ3v) is 5.87. The van der Waals surface area contributed by atoms with Gasteiger partial charge in [-0.2, -0.15) is 0 Å². The maximum absolute atomic E-state index is 12.8. The van der Waals surface area contributed by atoms with Gasteiger partial charge < -0.3 is 20.4 Å². The van der Waals surface area contributed by atoms with Crippen LogP contribution in [0.3, 0.4) is 0 Å². The molecule has 8 heteroatoms. The van der Waals surface area contributed by atoms with Gasteiger partial charge in [-0.05, 0) is 42.8 Å². The highest BCUT2D eigenvalue weighted by Gasteiger charge is 2.26. The zero-order valence-electron chi connectivity index (χ0n) is 17.6. The predicted octanol–water partition coefficient (Wildman–Crippen LogP) is 3.51. The van der Waals surface area contributed by atoms with E-state index in [1.807, 2.05) is 42.6 Å². The minimum Gasteiger partial charge on any atom is -0.467 e. The van der Waals surface area contributed by atoms with Crippen LogP contribution in [0, 0.1) is 0 Å². The van der Waals surface area contributed by atoms with Crippen LogP contribution in [0.15, 0.2) is 59.6 Å². The molecular formula is C23H25N3O4S. The standard InChI is InChI=1S/C23H25N3O4S/c1-14(31-18-10-8-17(9-11-18)25-15(2)27)22(28)26-21(23(29)30-3)12-16-13-24-20-7-5-4-6-19(16)20/h4-11,13-14,21,24H,12H2,1-3H3,(H,25,27)(H,26,28)/t14?,21-/m1/s1. The molecule has 0 aliphatic rings. The molecule has 0 radical (unpaired) electrons. The number of ether oxygens (including phenoxy) is 1. The van der Waals surface area contributed by atoms with Gasteiger partial charge in [0.1, 0.15) is 6.04 Å². The molecule has 3 N–H and O–H groups in total. The van der Waals surface area contributed by atoms with Gasteiger partial charge in [-0.3, -0.25) is 9.59 Å². The second-order valence-electron chi connectivity index (χ2n) is 7.11. The molecule has 162 valence electrons. The summed E-state index contributed by atoms with van der Waals surface area (Å²) in [5.74, 6) is -0.890. The van der Waals surface area contributed by atoms with Crippen LogP contribution in [-0.4, -0.2) is 41.2 Å². The van der Waals surface area contributed by atoms with E-state index in [2.05, 4.69) is 15.6 Å². The van der Waals surface area contributed by atoms with Crippen molar-refractivity contribution >= 4 is 46.1 Å². The molecule has 1 aromatic heterocycles. The molecule has 7 nitrogen and oxygen atoms in total. The largest absolute Gasteiger partial charge is 0.467 e. The second-order valence-corrected chi connectivity index (χ2v) is 8.53. The van der Waals surface area contributed by atoms with E-state index < -0.39 is 17.3 Å². The van der Waals surface area contributed by atoms with Crippen LogP contribution in [0.5, 0.6) is 0 Å². The first-order valence-corrected chi connectivity index (χ1v) is 10.7. The van der Waals surface area contributed by atoms with E-state index in [1.165, 1.54) is 25.8 Å². The van der Waals surface area contributed by atoms with Gasteiger partial charge in [-0.25, -0.2) is 4.79 Å². The Morgan fingerprint density at radius 2 is 1.81 bits per heavy atom. The molecule has 3 aromatic rings. The number of aromatic nitrogens is 1. The smallest absolute Gasteiger partial charge is 0.328 e. The number of carbonyl (C=O) groups excluding carboxylic acids is 3. The van der Waals surface area contributed by atoms with Gasteiger partial charge in [0.15, 0.2) is 0 Å². The average molecular weight is 440 g/mol. The molecule has 0 bridgehead atoms. The average Bonchev–Trinajstić information content (AvgIpc) is 3.16. The van der Waals surface area contributed by atoms with E-state index in [1.54, 1.807) is 19.1 Å². The number of hydrogen-bond donors (Lipinski definition) is 3. The molecular weight excluding hydrogens is 414 g/mol. The lowest BCUT2D eigenvalue weighted by Gasteiger charge is -2.19. The summed E-state index contributed by atoms with van der Waals surface area (Å²) in [7, 11) is 1.31. The van der Waals surface area contributed by atoms with Crippen molar-refractivity contribution in [2.75, 3.05) is 12.4 Å². The van der Waals surface area contributed by atoms with Crippen molar-refractivity contribution in [2.45, 2.75) is 36.5 Å². The normalized spacial score (nSPS) is 12.7. The number of aromatic amines is 1. The molecule has 0 saturated heterocycles. The highest BCUT2D eigenvalue weighted by Crippen LogP contribution is 2.25. The Morgan fingerprint density at radius 1 is 1.10 bits per heavy atom. The predicted molar refractivity (Wildman–Crippen MR) is 122 cm³/mol. The lowest BCUT2D eigenvalue weighted by Crippen LogP contribution is -2.45. The van der Waals surface area contributed by atoms with Gasteiger partial charge in [-0.15, -0.1) is 11.8 Å². The Labute approximate surface area is 184 Å². The Morgan fingerprint density at radius 3 is 2.48 bits per heavy atom. The van der Waals surface area contributed by atoms with E-state index >= 15 is 0 Å². The molecule has 0 aliphatic carbocycles. The SMILES string of the molecule is COC(=O)[C@@H](Cc1c[nH]c2ccccc12)NC(=O)C(C)Sc1ccc(NC(C)=O)cc1. The van der Waals surface area contributed by atoms with Gasteiger partial charge in [0.25, 0.3) is 0 Å². The first-order chi connectivity index (χ1) is 14.9. The number of benzene rings is 2. The fourth-order valence-electron chi connectivity index (χ4n) is 3.22. The van der Waals surface area contributed by atoms with Crippen LogP contribution < -0.4 is 10.6 Å². The number of methoxy groups -OCH3 is 1. The van der Waals surface area contributed by atoms with E-state index in [0.717, 1.165) is 21.4 Å². The molecule has 1 heterocycles. The summed E-state index contributed by atoms with van der Waals surface area (Å²) < 4.78 is 4.91. The summed E-state index contributed by atoms with van der Waals surface area (Å²) in [6, 6.07) is 14.2. The molecule has 0 fully saturated rings. The maximum Gasteiger partial charge on any atom is 0.328 e. The number of hydrogen-bond acceptors (Lipinski definition) is 5. The Balaban J connectivity index is 1.65. The number of anilines is 1. The van der Waals surface area contributed by atoms with Crippen molar-refractivity contribution in [3.8, 4) is 0 Å². The molecule has 0 saturated carbocycles. The molecule has 31 heavy (non-hydrogen) atoms. The Bertz CT molecular complexity index is 1080. The van der Waals surface area contributed by atoms with Crippen LogP contribution in [-0.2, 0) is 25.5 Å². The monoisotopic (exact) mass is 439 g/mol. The number of nitrogens with one attached hydrogen (secondary N) is 3. The molecule has 0 aliphatic heterocycles. The summed E-state index contributed by atoms with van der Waals surface area (Å²) >= 11 is 1.37. The third-order valence-electron chi connectivity index (χ3n) is 4.76. The lowest BCUT2D eigenvalue weighted by atomic mass is 10.0. The number of thioether (sulfide) groups is 1. The number of rotatable bonds is 8. The van der Waals surface area contributed by atoms with Crippen LogP contribution in [0.2, 0.25) is 0 Å². The number of amides is 2. The number of H-pyrrole nitrogens is 1. The Kier molecular flexibility index (Phi) is 7.36. The Hall–Kier alpha value is -3.26. The molecule has 2 atom stereocenters. The molecule has 0 spiro atoms. The van der Waals surface area contributed by atoms with Crippen LogP contribution in [0.4, 0.5) is 5.69 Å². The van der Waals surface area contributed by atoms with Crippen molar-refractivity contribution in [3.05, 3.63) is 60.3 Å². The minimum absolute atomic E-state index is 0.141. The lowest BCUT2D eigenvalue weighted by molar-refractivity contribution is -0.144. The van der Waals surface area contributed by atoms with Crippen molar-refractivity contribution in [3.63, 3.8) is 0 Å². The highest BCUT2D eigenvalue weighted by atomic mass is 32.2. The van der Waals surface area contributed by atoms with E-state index in [9.17, 15) is 14.4 Å². The quantitative estimate of drug-likeness (QED) is 0.368. The molecule has 3 rings (SSSR count).